The molecule has 0 spiro atoms. The highest BCUT2D eigenvalue weighted by molar-refractivity contribution is 7.99. The molecule has 0 aliphatic carbocycles. The van der Waals surface area contributed by atoms with Crippen LogP contribution in [0.3, 0.4) is 0 Å². The topological polar surface area (TPSA) is 20.2 Å². The lowest BCUT2D eigenvalue weighted by atomic mass is 10.1. The zero-order valence-electron chi connectivity index (χ0n) is 12.6. The Morgan fingerprint density at radius 3 is 1.94 bits per heavy atom. The first-order chi connectivity index (χ1) is 8.81. The van der Waals surface area contributed by atoms with E-state index in [1.165, 1.54) is 70.0 Å². The molecule has 0 aliphatic heterocycles. The summed E-state index contributed by atoms with van der Waals surface area (Å²) >= 11 is 1.93. The Hall–Kier alpha value is 0.310. The molecule has 0 aliphatic rings. The van der Waals surface area contributed by atoms with Gasteiger partial charge in [-0.1, -0.05) is 71.6 Å². The molecule has 0 rings (SSSR count). The van der Waals surface area contributed by atoms with Gasteiger partial charge in [-0.2, -0.15) is 11.8 Å². The molecule has 18 heavy (non-hydrogen) atoms. The van der Waals surface area contributed by atoms with Gasteiger partial charge in [-0.25, -0.2) is 0 Å². The van der Waals surface area contributed by atoms with Gasteiger partial charge in [-0.05, 0) is 18.6 Å². The minimum Gasteiger partial charge on any atom is -0.392 e. The lowest BCUT2D eigenvalue weighted by molar-refractivity contribution is 0.186. The normalized spacial score (nSPS) is 12.8. The summed E-state index contributed by atoms with van der Waals surface area (Å²) in [5.74, 6) is 2.18. The smallest absolute Gasteiger partial charge is 0.0630 e. The Labute approximate surface area is 119 Å². The van der Waals surface area contributed by atoms with Crippen LogP contribution in [0.2, 0.25) is 0 Å². The van der Waals surface area contributed by atoms with E-state index in [1.54, 1.807) is 0 Å². The molecule has 0 saturated carbocycles. The van der Waals surface area contributed by atoms with Crippen LogP contribution in [0.25, 0.3) is 0 Å². The number of thioether (sulfide) groups is 1. The number of unbranched alkanes of at least 4 members (excludes halogenated alkanes) is 8. The van der Waals surface area contributed by atoms with E-state index in [0.717, 1.165) is 12.2 Å². The Morgan fingerprint density at radius 1 is 0.778 bits per heavy atom. The first kappa shape index (κ1) is 18.3. The van der Waals surface area contributed by atoms with Gasteiger partial charge >= 0.3 is 0 Å². The van der Waals surface area contributed by atoms with E-state index in [2.05, 4.69) is 13.8 Å². The molecule has 2 heteroatoms. The molecule has 0 heterocycles. The number of rotatable bonds is 14. The fourth-order valence-electron chi connectivity index (χ4n) is 2.08. The molecule has 1 unspecified atom stereocenters. The minimum atomic E-state index is -0.0657. The molecular weight excluding hydrogens is 240 g/mol. The number of hydrogen-bond acceptors (Lipinski definition) is 2. The quantitative estimate of drug-likeness (QED) is 0.427. The SMILES string of the molecule is CCCCCCCCCCSCC(O)CCCC. The van der Waals surface area contributed by atoms with E-state index < -0.39 is 0 Å². The third-order valence-corrected chi connectivity index (χ3v) is 4.54. The van der Waals surface area contributed by atoms with Crippen molar-refractivity contribution in [3.63, 3.8) is 0 Å². The van der Waals surface area contributed by atoms with Crippen LogP contribution < -0.4 is 0 Å². The third-order valence-electron chi connectivity index (χ3n) is 3.34. The highest BCUT2D eigenvalue weighted by Gasteiger charge is 2.02. The number of hydrogen-bond donors (Lipinski definition) is 1. The Kier molecular flexibility index (Phi) is 15.6. The van der Waals surface area contributed by atoms with Gasteiger partial charge in [0, 0.05) is 5.75 Å². The zero-order valence-corrected chi connectivity index (χ0v) is 13.4. The molecule has 0 fully saturated rings. The average Bonchev–Trinajstić information content (AvgIpc) is 2.38. The van der Waals surface area contributed by atoms with Crippen molar-refractivity contribution in [3.8, 4) is 0 Å². The van der Waals surface area contributed by atoms with Gasteiger partial charge in [0.05, 0.1) is 6.10 Å². The second-order valence-electron chi connectivity index (χ2n) is 5.35. The second-order valence-corrected chi connectivity index (χ2v) is 6.50. The van der Waals surface area contributed by atoms with Gasteiger partial charge in [0.25, 0.3) is 0 Å². The summed E-state index contributed by atoms with van der Waals surface area (Å²) < 4.78 is 0. The molecule has 0 radical (unpaired) electrons. The standard InChI is InChI=1S/C16H34OS/c1-3-5-7-8-9-10-11-12-14-18-15-16(17)13-6-4-2/h16-17H,3-15H2,1-2H3. The third kappa shape index (κ3) is 14.4. The maximum Gasteiger partial charge on any atom is 0.0630 e. The predicted octanol–water partition coefficient (Wildman–Crippen LogP) is 5.41. The summed E-state index contributed by atoms with van der Waals surface area (Å²) in [4.78, 5) is 0. The molecule has 0 amide bonds. The minimum absolute atomic E-state index is 0.0657. The second kappa shape index (κ2) is 15.4. The van der Waals surface area contributed by atoms with Crippen LogP contribution >= 0.6 is 11.8 Å². The highest BCUT2D eigenvalue weighted by Crippen LogP contribution is 2.13. The van der Waals surface area contributed by atoms with Gasteiger partial charge in [0.2, 0.25) is 0 Å². The van der Waals surface area contributed by atoms with Gasteiger partial charge < -0.3 is 5.11 Å². The zero-order chi connectivity index (χ0) is 13.5. The summed E-state index contributed by atoms with van der Waals surface area (Å²) in [5.41, 5.74) is 0. The van der Waals surface area contributed by atoms with E-state index in [0.29, 0.717) is 0 Å². The van der Waals surface area contributed by atoms with Crippen LogP contribution in [0.5, 0.6) is 0 Å². The van der Waals surface area contributed by atoms with Gasteiger partial charge in [0.1, 0.15) is 0 Å². The van der Waals surface area contributed by atoms with Crippen LogP contribution in [0.4, 0.5) is 0 Å². The molecule has 0 aromatic heterocycles. The maximum absolute atomic E-state index is 9.68. The van der Waals surface area contributed by atoms with Gasteiger partial charge in [-0.3, -0.25) is 0 Å². The lowest BCUT2D eigenvalue weighted by Crippen LogP contribution is -2.09. The number of aliphatic hydroxyl groups excluding tert-OH is 1. The largest absolute Gasteiger partial charge is 0.392 e. The molecule has 1 N–H and O–H groups in total. The van der Waals surface area contributed by atoms with Crippen LogP contribution in [0.1, 0.15) is 84.5 Å². The Balaban J connectivity index is 3.02. The van der Waals surface area contributed by atoms with Crippen molar-refractivity contribution >= 4 is 11.8 Å². The average molecular weight is 275 g/mol. The van der Waals surface area contributed by atoms with E-state index in [-0.39, 0.29) is 6.10 Å². The molecule has 0 aromatic rings. The molecule has 0 bridgehead atoms. The highest BCUT2D eigenvalue weighted by atomic mass is 32.2. The van der Waals surface area contributed by atoms with Crippen LogP contribution in [-0.2, 0) is 0 Å². The summed E-state index contributed by atoms with van der Waals surface area (Å²) in [7, 11) is 0. The van der Waals surface area contributed by atoms with E-state index in [4.69, 9.17) is 0 Å². The van der Waals surface area contributed by atoms with Crippen molar-refractivity contribution in [1.82, 2.24) is 0 Å². The first-order valence-electron chi connectivity index (χ1n) is 8.07. The van der Waals surface area contributed by atoms with Crippen molar-refractivity contribution in [3.05, 3.63) is 0 Å². The fourth-order valence-corrected chi connectivity index (χ4v) is 3.09. The lowest BCUT2D eigenvalue weighted by Gasteiger charge is -2.09. The van der Waals surface area contributed by atoms with Crippen molar-refractivity contribution in [1.29, 1.82) is 0 Å². The first-order valence-corrected chi connectivity index (χ1v) is 9.22. The summed E-state index contributed by atoms with van der Waals surface area (Å²) in [6, 6.07) is 0. The van der Waals surface area contributed by atoms with Crippen LogP contribution in [0.15, 0.2) is 0 Å². The van der Waals surface area contributed by atoms with Crippen LogP contribution in [0, 0.1) is 0 Å². The number of aliphatic hydroxyl groups is 1. The van der Waals surface area contributed by atoms with Crippen molar-refractivity contribution in [2.45, 2.75) is 90.6 Å². The molecule has 1 nitrogen and oxygen atoms in total. The fraction of sp³-hybridized carbons (Fsp3) is 1.00. The molecule has 0 aromatic carbocycles. The maximum atomic E-state index is 9.68. The van der Waals surface area contributed by atoms with Crippen molar-refractivity contribution < 1.29 is 5.11 Å². The van der Waals surface area contributed by atoms with Gasteiger partial charge in [-0.15, -0.1) is 0 Å². The molecular formula is C16H34OS. The summed E-state index contributed by atoms with van der Waals surface area (Å²) in [6.07, 6.45) is 14.4. The van der Waals surface area contributed by atoms with Crippen molar-refractivity contribution in [2.75, 3.05) is 11.5 Å². The van der Waals surface area contributed by atoms with Gasteiger partial charge in [0.15, 0.2) is 0 Å². The van der Waals surface area contributed by atoms with E-state index in [1.807, 2.05) is 11.8 Å². The monoisotopic (exact) mass is 274 g/mol. The summed E-state index contributed by atoms with van der Waals surface area (Å²) in [5, 5.41) is 9.68. The molecule has 0 saturated heterocycles. The van der Waals surface area contributed by atoms with Crippen molar-refractivity contribution in [2.24, 2.45) is 0 Å². The Morgan fingerprint density at radius 2 is 1.33 bits per heavy atom. The summed E-state index contributed by atoms with van der Waals surface area (Å²) in [6.45, 7) is 4.45. The van der Waals surface area contributed by atoms with Crippen LogP contribution in [-0.4, -0.2) is 22.7 Å². The predicted molar refractivity (Wildman–Crippen MR) is 85.5 cm³/mol. The van der Waals surface area contributed by atoms with E-state index in [9.17, 15) is 5.11 Å². The molecule has 1 atom stereocenters. The molecule has 110 valence electrons. The Bertz CT molecular complexity index is 150. The van der Waals surface area contributed by atoms with E-state index >= 15 is 0 Å².